The molecule has 1 aromatic carbocycles. The Balaban J connectivity index is 1.54. The number of carbonyl (C=O) groups excluding carboxylic acids is 1. The molecule has 1 amide bonds. The van der Waals surface area contributed by atoms with Gasteiger partial charge in [-0.3, -0.25) is 4.79 Å². The molecule has 0 radical (unpaired) electrons. The maximum Gasteiger partial charge on any atom is 0.411 e. The molecule has 0 aromatic heterocycles. The van der Waals surface area contributed by atoms with Crippen molar-refractivity contribution in [3.05, 3.63) is 29.6 Å². The molecule has 2 fully saturated rings. The number of amides is 1. The van der Waals surface area contributed by atoms with Crippen molar-refractivity contribution in [2.75, 3.05) is 37.7 Å². The molecule has 1 aromatic rings. The third-order valence-electron chi connectivity index (χ3n) is 5.44. The van der Waals surface area contributed by atoms with Crippen molar-refractivity contribution < 1.29 is 27.1 Å². The minimum atomic E-state index is -4.37. The first-order valence-corrected chi connectivity index (χ1v) is 9.68. The molecule has 0 aliphatic carbocycles. The van der Waals surface area contributed by atoms with Gasteiger partial charge in [0.2, 0.25) is 5.91 Å². The van der Waals surface area contributed by atoms with Gasteiger partial charge in [0.15, 0.2) is 0 Å². The van der Waals surface area contributed by atoms with Crippen molar-refractivity contribution in [3.63, 3.8) is 0 Å². The Kier molecular flexibility index (Phi) is 6.63. The maximum atomic E-state index is 13.3. The van der Waals surface area contributed by atoms with E-state index in [1.54, 1.807) is 11.0 Å². The summed E-state index contributed by atoms with van der Waals surface area (Å²) in [5.74, 6) is -0.731. The molecule has 1 unspecified atom stereocenters. The van der Waals surface area contributed by atoms with Crippen LogP contribution in [0.5, 0.6) is 0 Å². The van der Waals surface area contributed by atoms with Gasteiger partial charge < -0.3 is 14.5 Å². The highest BCUT2D eigenvalue weighted by Crippen LogP contribution is 2.29. The van der Waals surface area contributed by atoms with Gasteiger partial charge in [0, 0.05) is 32.1 Å². The second-order valence-corrected chi connectivity index (χ2v) is 7.51. The van der Waals surface area contributed by atoms with Crippen LogP contribution in [-0.2, 0) is 9.53 Å². The zero-order valence-corrected chi connectivity index (χ0v) is 15.9. The predicted octanol–water partition coefficient (Wildman–Crippen LogP) is 3.48. The minimum Gasteiger partial charge on any atom is -0.370 e. The highest BCUT2D eigenvalue weighted by molar-refractivity contribution is 5.79. The van der Waals surface area contributed by atoms with Crippen molar-refractivity contribution >= 4 is 11.6 Å². The van der Waals surface area contributed by atoms with Gasteiger partial charge in [-0.25, -0.2) is 4.39 Å². The fraction of sp³-hybridized carbons (Fsp3) is 0.600. The number of likely N-dealkylation sites (tertiary alicyclic amines) is 1. The molecule has 2 saturated heterocycles. The number of nitrogens with zero attached hydrogens (tertiary/aromatic N) is 3. The summed E-state index contributed by atoms with van der Waals surface area (Å²) in [6.07, 6.45) is -2.68. The summed E-state index contributed by atoms with van der Waals surface area (Å²) in [6, 6.07) is 6.07. The molecule has 29 heavy (non-hydrogen) atoms. The average Bonchev–Trinajstić information content (AvgIpc) is 2.71. The first-order valence-electron chi connectivity index (χ1n) is 9.68. The molecule has 2 aliphatic heterocycles. The fourth-order valence-electron chi connectivity index (χ4n) is 3.99. The van der Waals surface area contributed by atoms with Gasteiger partial charge in [-0.1, -0.05) is 0 Å². The SMILES string of the molecule is N#Cc1cc(F)ccc1N1CCC(C(=O)N2CCCC(OCC(F)(F)F)C2)CC1. The summed E-state index contributed by atoms with van der Waals surface area (Å²) < 4.78 is 55.3. The largest absolute Gasteiger partial charge is 0.411 e. The maximum absolute atomic E-state index is 13.3. The Morgan fingerprint density at radius 1 is 1.21 bits per heavy atom. The van der Waals surface area contributed by atoms with Crippen LogP contribution in [0.1, 0.15) is 31.2 Å². The normalized spacial score (nSPS) is 21.1. The standard InChI is InChI=1S/C20H23F4N3O2/c21-16-3-4-18(15(10-16)11-25)26-8-5-14(6-9-26)19(28)27-7-1-2-17(12-27)29-13-20(22,23)24/h3-4,10,14,17H,1-2,5-9,12-13H2. The number of carbonyl (C=O) groups is 1. The summed E-state index contributed by atoms with van der Waals surface area (Å²) in [7, 11) is 0. The number of piperidine rings is 2. The first kappa shape index (κ1) is 21.4. The number of nitriles is 1. The number of benzene rings is 1. The quantitative estimate of drug-likeness (QED) is 0.710. The topological polar surface area (TPSA) is 56.6 Å². The second-order valence-electron chi connectivity index (χ2n) is 7.51. The van der Waals surface area contributed by atoms with E-state index in [9.17, 15) is 27.6 Å². The lowest BCUT2D eigenvalue weighted by Crippen LogP contribution is -2.48. The van der Waals surface area contributed by atoms with Crippen LogP contribution in [0.15, 0.2) is 18.2 Å². The number of rotatable bonds is 4. The molecular formula is C20H23F4N3O2. The summed E-state index contributed by atoms with van der Waals surface area (Å²) in [5.41, 5.74) is 0.911. The highest BCUT2D eigenvalue weighted by atomic mass is 19.4. The van der Waals surface area contributed by atoms with Crippen molar-refractivity contribution in [1.82, 2.24) is 4.90 Å². The summed E-state index contributed by atoms with van der Waals surface area (Å²) in [6.45, 7) is 0.529. The van der Waals surface area contributed by atoms with Crippen LogP contribution in [-0.4, -0.2) is 55.9 Å². The van der Waals surface area contributed by atoms with Gasteiger partial charge in [0.1, 0.15) is 18.5 Å². The molecule has 158 valence electrons. The number of hydrogen-bond donors (Lipinski definition) is 0. The minimum absolute atomic E-state index is 0.0513. The van der Waals surface area contributed by atoms with Gasteiger partial charge >= 0.3 is 6.18 Å². The summed E-state index contributed by atoms with van der Waals surface area (Å²) in [5, 5.41) is 9.22. The van der Waals surface area contributed by atoms with Crippen LogP contribution in [0.25, 0.3) is 0 Å². The van der Waals surface area contributed by atoms with Gasteiger partial charge in [0.05, 0.1) is 17.4 Å². The van der Waals surface area contributed by atoms with Crippen molar-refractivity contribution in [2.24, 2.45) is 5.92 Å². The van der Waals surface area contributed by atoms with Crippen molar-refractivity contribution in [2.45, 2.75) is 38.0 Å². The van der Waals surface area contributed by atoms with Gasteiger partial charge in [0.25, 0.3) is 0 Å². The van der Waals surface area contributed by atoms with Crippen molar-refractivity contribution in [3.8, 4) is 6.07 Å². The van der Waals surface area contributed by atoms with E-state index in [1.807, 2.05) is 11.0 Å². The van der Waals surface area contributed by atoms with E-state index in [0.717, 1.165) is 0 Å². The molecule has 0 spiro atoms. The molecule has 9 heteroatoms. The van der Waals surface area contributed by atoms with E-state index in [1.165, 1.54) is 12.1 Å². The Hall–Kier alpha value is -2.34. The van der Waals surface area contributed by atoms with Crippen LogP contribution < -0.4 is 4.90 Å². The first-order chi connectivity index (χ1) is 13.8. The van der Waals surface area contributed by atoms with Gasteiger partial charge in [-0.05, 0) is 43.9 Å². The lowest BCUT2D eigenvalue weighted by molar-refractivity contribution is -0.190. The van der Waals surface area contributed by atoms with Crippen LogP contribution in [0.4, 0.5) is 23.2 Å². The van der Waals surface area contributed by atoms with E-state index in [-0.39, 0.29) is 23.9 Å². The van der Waals surface area contributed by atoms with E-state index in [4.69, 9.17) is 4.74 Å². The smallest absolute Gasteiger partial charge is 0.370 e. The number of anilines is 1. The van der Waals surface area contributed by atoms with E-state index in [2.05, 4.69) is 0 Å². The van der Waals surface area contributed by atoms with E-state index < -0.39 is 24.7 Å². The Morgan fingerprint density at radius 2 is 1.93 bits per heavy atom. The highest BCUT2D eigenvalue weighted by Gasteiger charge is 2.34. The second kappa shape index (κ2) is 8.99. The molecule has 0 bridgehead atoms. The molecule has 0 N–H and O–H groups in total. The molecule has 5 nitrogen and oxygen atoms in total. The Morgan fingerprint density at radius 3 is 2.59 bits per heavy atom. The lowest BCUT2D eigenvalue weighted by atomic mass is 9.93. The Bertz CT molecular complexity index is 770. The fourth-order valence-corrected chi connectivity index (χ4v) is 3.99. The molecule has 1 atom stereocenters. The van der Waals surface area contributed by atoms with Gasteiger partial charge in [-0.2, -0.15) is 18.4 Å². The summed E-state index contributed by atoms with van der Waals surface area (Å²) >= 11 is 0. The molecule has 0 saturated carbocycles. The van der Waals surface area contributed by atoms with Crippen LogP contribution >= 0.6 is 0 Å². The Labute approximate surface area is 166 Å². The monoisotopic (exact) mass is 413 g/mol. The van der Waals surface area contributed by atoms with Crippen LogP contribution in [0.3, 0.4) is 0 Å². The zero-order chi connectivity index (χ0) is 21.0. The number of hydrogen-bond acceptors (Lipinski definition) is 4. The van der Waals surface area contributed by atoms with Gasteiger partial charge in [-0.15, -0.1) is 0 Å². The third-order valence-corrected chi connectivity index (χ3v) is 5.44. The molecular weight excluding hydrogens is 390 g/mol. The van der Waals surface area contributed by atoms with E-state index in [0.29, 0.717) is 51.0 Å². The average molecular weight is 413 g/mol. The van der Waals surface area contributed by atoms with Crippen LogP contribution in [0.2, 0.25) is 0 Å². The molecule has 3 rings (SSSR count). The number of halogens is 4. The molecule has 2 heterocycles. The number of ether oxygens (including phenoxy) is 1. The van der Waals surface area contributed by atoms with Crippen molar-refractivity contribution in [1.29, 1.82) is 5.26 Å². The van der Waals surface area contributed by atoms with E-state index >= 15 is 0 Å². The zero-order valence-electron chi connectivity index (χ0n) is 15.9. The molecule has 2 aliphatic rings. The predicted molar refractivity (Wildman–Crippen MR) is 97.7 cm³/mol. The lowest BCUT2D eigenvalue weighted by Gasteiger charge is -2.38. The summed E-state index contributed by atoms with van der Waals surface area (Å²) in [4.78, 5) is 16.4. The third kappa shape index (κ3) is 5.60. The van der Waals surface area contributed by atoms with Crippen LogP contribution in [0, 0.1) is 23.1 Å². The number of alkyl halides is 3.